The van der Waals surface area contributed by atoms with Crippen molar-refractivity contribution in [2.24, 2.45) is 0 Å². The number of aromatic carboxylic acids is 1. The van der Waals surface area contributed by atoms with E-state index < -0.39 is 12.0 Å². The van der Waals surface area contributed by atoms with Crippen LogP contribution in [0.25, 0.3) is 0 Å². The van der Waals surface area contributed by atoms with E-state index in [1.54, 1.807) is 24.3 Å². The van der Waals surface area contributed by atoms with E-state index in [1.807, 2.05) is 18.2 Å². The Bertz CT molecular complexity index is 688. The molecule has 0 heterocycles. The smallest absolute Gasteiger partial charge is 0.337 e. The summed E-state index contributed by atoms with van der Waals surface area (Å²) >= 11 is 2.12. The third kappa shape index (κ3) is 3.52. The summed E-state index contributed by atoms with van der Waals surface area (Å²) in [6, 6.07) is 13.3. The number of benzene rings is 2. The first-order valence-electron chi connectivity index (χ1n) is 6.12. The predicted molar refractivity (Wildman–Crippen MR) is 90.0 cm³/mol. The van der Waals surface area contributed by atoms with Crippen LogP contribution in [0.1, 0.15) is 10.4 Å². The van der Waals surface area contributed by atoms with E-state index in [9.17, 15) is 14.7 Å². The van der Waals surface area contributed by atoms with Gasteiger partial charge in [-0.15, -0.1) is 0 Å². The minimum atomic E-state index is -1.07. The molecule has 0 aliphatic heterocycles. The molecule has 2 N–H and O–H groups in total. The maximum Gasteiger partial charge on any atom is 0.337 e. The second-order valence-corrected chi connectivity index (χ2v) is 5.45. The molecule has 0 atom stereocenters. The van der Waals surface area contributed by atoms with Gasteiger partial charge < -0.3 is 10.4 Å². The van der Waals surface area contributed by atoms with Gasteiger partial charge in [-0.2, -0.15) is 0 Å². The van der Waals surface area contributed by atoms with Gasteiger partial charge in [-0.3, -0.25) is 4.90 Å². The van der Waals surface area contributed by atoms with Crippen molar-refractivity contribution in [3.05, 3.63) is 57.7 Å². The van der Waals surface area contributed by atoms with Crippen molar-refractivity contribution in [3.63, 3.8) is 0 Å². The van der Waals surface area contributed by atoms with Crippen LogP contribution in [0.3, 0.4) is 0 Å². The number of urea groups is 1. The molecule has 0 unspecified atom stereocenters. The topological polar surface area (TPSA) is 69.6 Å². The molecule has 0 bridgehead atoms. The summed E-state index contributed by atoms with van der Waals surface area (Å²) in [7, 11) is 1.53. The Kier molecular flexibility index (Phi) is 4.79. The number of carboxylic acids is 1. The molecular formula is C15H13IN2O3. The van der Waals surface area contributed by atoms with E-state index in [2.05, 4.69) is 27.9 Å². The van der Waals surface area contributed by atoms with Gasteiger partial charge in [0.05, 0.1) is 16.9 Å². The highest BCUT2D eigenvalue weighted by Crippen LogP contribution is 2.22. The number of carboxylic acid groups (broad SMARTS) is 1. The highest BCUT2D eigenvalue weighted by Gasteiger charge is 2.18. The number of hydrogen-bond acceptors (Lipinski definition) is 2. The van der Waals surface area contributed by atoms with Gasteiger partial charge in [0.25, 0.3) is 0 Å². The number of rotatable bonds is 3. The number of anilines is 2. The zero-order chi connectivity index (χ0) is 15.4. The van der Waals surface area contributed by atoms with Crippen molar-refractivity contribution in [1.82, 2.24) is 0 Å². The van der Waals surface area contributed by atoms with Gasteiger partial charge in [0.1, 0.15) is 0 Å². The van der Waals surface area contributed by atoms with Crippen LogP contribution in [-0.4, -0.2) is 24.2 Å². The lowest BCUT2D eigenvalue weighted by atomic mass is 10.1. The molecule has 0 spiro atoms. The van der Waals surface area contributed by atoms with Crippen LogP contribution in [0.15, 0.2) is 48.5 Å². The highest BCUT2D eigenvalue weighted by atomic mass is 127. The Hall–Kier alpha value is -2.09. The summed E-state index contributed by atoms with van der Waals surface area (Å²) in [4.78, 5) is 24.7. The van der Waals surface area contributed by atoms with Crippen molar-refractivity contribution in [1.29, 1.82) is 0 Å². The molecule has 0 aliphatic rings. The van der Waals surface area contributed by atoms with Gasteiger partial charge in [-0.05, 0) is 46.9 Å². The van der Waals surface area contributed by atoms with E-state index in [-0.39, 0.29) is 5.56 Å². The van der Waals surface area contributed by atoms with Crippen LogP contribution in [-0.2, 0) is 0 Å². The Morgan fingerprint density at radius 2 is 1.71 bits per heavy atom. The van der Waals surface area contributed by atoms with Gasteiger partial charge in [0.15, 0.2) is 0 Å². The first-order chi connectivity index (χ1) is 10.0. The number of halogens is 1. The molecule has 0 aliphatic carbocycles. The average Bonchev–Trinajstić information content (AvgIpc) is 2.48. The largest absolute Gasteiger partial charge is 0.478 e. The minimum absolute atomic E-state index is 0.0814. The predicted octanol–water partition coefficient (Wildman–Crippen LogP) is 3.66. The first kappa shape index (κ1) is 15.3. The Labute approximate surface area is 135 Å². The molecule has 5 nitrogen and oxygen atoms in total. The summed E-state index contributed by atoms with van der Waals surface area (Å²) in [5.41, 5.74) is 1.11. The zero-order valence-electron chi connectivity index (χ0n) is 11.2. The maximum absolute atomic E-state index is 12.3. The fraction of sp³-hybridized carbons (Fsp3) is 0.0667. The first-order valence-corrected chi connectivity index (χ1v) is 7.20. The summed E-state index contributed by atoms with van der Waals surface area (Å²) in [6.45, 7) is 0. The molecule has 0 fully saturated rings. The second kappa shape index (κ2) is 6.57. The van der Waals surface area contributed by atoms with Crippen molar-refractivity contribution in [3.8, 4) is 0 Å². The molecule has 21 heavy (non-hydrogen) atoms. The van der Waals surface area contributed by atoms with Gasteiger partial charge in [0.2, 0.25) is 0 Å². The average molecular weight is 396 g/mol. The Morgan fingerprint density at radius 1 is 1.10 bits per heavy atom. The van der Waals surface area contributed by atoms with Crippen molar-refractivity contribution < 1.29 is 14.7 Å². The Morgan fingerprint density at radius 3 is 2.38 bits per heavy atom. The number of carbonyl (C=O) groups excluding carboxylic acids is 1. The molecule has 0 saturated heterocycles. The normalized spacial score (nSPS) is 10.0. The lowest BCUT2D eigenvalue weighted by Gasteiger charge is -2.20. The van der Waals surface area contributed by atoms with Gasteiger partial charge in [-0.25, -0.2) is 9.59 Å². The quantitative estimate of drug-likeness (QED) is 0.779. The number of hydrogen-bond donors (Lipinski definition) is 2. The molecule has 0 saturated carbocycles. The third-order valence-electron chi connectivity index (χ3n) is 2.92. The molecule has 2 aromatic carbocycles. The van der Waals surface area contributed by atoms with Crippen LogP contribution in [0.2, 0.25) is 0 Å². The fourth-order valence-electron chi connectivity index (χ4n) is 1.82. The lowest BCUT2D eigenvalue weighted by molar-refractivity contribution is 0.0697. The number of para-hydroxylation sites is 2. The van der Waals surface area contributed by atoms with E-state index in [1.165, 1.54) is 18.0 Å². The van der Waals surface area contributed by atoms with E-state index in [0.29, 0.717) is 11.4 Å². The molecule has 2 amide bonds. The summed E-state index contributed by atoms with van der Waals surface area (Å²) in [6.07, 6.45) is 0. The molecule has 108 valence electrons. The van der Waals surface area contributed by atoms with Gasteiger partial charge in [-0.1, -0.05) is 24.3 Å². The molecule has 6 heteroatoms. The molecule has 0 radical (unpaired) electrons. The molecule has 2 aromatic rings. The van der Waals surface area contributed by atoms with Crippen LogP contribution < -0.4 is 10.2 Å². The maximum atomic E-state index is 12.3. The monoisotopic (exact) mass is 396 g/mol. The summed E-state index contributed by atoms with van der Waals surface area (Å²) in [5, 5.41) is 11.9. The summed E-state index contributed by atoms with van der Waals surface area (Å²) in [5.74, 6) is -1.07. The van der Waals surface area contributed by atoms with Gasteiger partial charge >= 0.3 is 12.0 Å². The van der Waals surface area contributed by atoms with E-state index in [4.69, 9.17) is 0 Å². The zero-order valence-corrected chi connectivity index (χ0v) is 13.4. The van der Waals surface area contributed by atoms with Crippen molar-refractivity contribution in [2.75, 3.05) is 17.3 Å². The number of nitrogens with zero attached hydrogens (tertiary/aromatic N) is 1. The van der Waals surface area contributed by atoms with E-state index in [0.717, 1.165) is 3.57 Å². The fourth-order valence-corrected chi connectivity index (χ4v) is 2.34. The number of nitrogens with one attached hydrogen (secondary N) is 1. The molecule has 2 rings (SSSR count). The number of carbonyl (C=O) groups is 2. The summed E-state index contributed by atoms with van der Waals surface area (Å²) < 4.78 is 0.906. The van der Waals surface area contributed by atoms with Crippen LogP contribution in [0.4, 0.5) is 16.2 Å². The van der Waals surface area contributed by atoms with Gasteiger partial charge in [0, 0.05) is 10.6 Å². The lowest BCUT2D eigenvalue weighted by Crippen LogP contribution is -2.32. The second-order valence-electron chi connectivity index (χ2n) is 4.29. The molecule has 0 aromatic heterocycles. The van der Waals surface area contributed by atoms with Crippen LogP contribution in [0.5, 0.6) is 0 Å². The number of amides is 2. The van der Waals surface area contributed by atoms with Crippen LogP contribution in [0, 0.1) is 3.57 Å². The third-order valence-corrected chi connectivity index (χ3v) is 3.86. The standard InChI is InChI=1S/C15H13IN2O3/c1-18(13-9-5-2-6-10(13)14(19)20)15(21)17-12-8-4-3-7-11(12)16/h2-9H,1H3,(H,17,21)(H,19,20). The van der Waals surface area contributed by atoms with Crippen molar-refractivity contribution in [2.45, 2.75) is 0 Å². The Balaban J connectivity index is 2.24. The van der Waals surface area contributed by atoms with Crippen molar-refractivity contribution >= 4 is 46.0 Å². The highest BCUT2D eigenvalue weighted by molar-refractivity contribution is 14.1. The van der Waals surface area contributed by atoms with E-state index >= 15 is 0 Å². The van der Waals surface area contributed by atoms with Crippen LogP contribution >= 0.6 is 22.6 Å². The molecular weight excluding hydrogens is 383 g/mol. The SMILES string of the molecule is CN(C(=O)Nc1ccccc1I)c1ccccc1C(=O)O. The minimum Gasteiger partial charge on any atom is -0.478 e.